The highest BCUT2D eigenvalue weighted by atomic mass is 35.5. The van der Waals surface area contributed by atoms with Crippen LogP contribution in [0.5, 0.6) is 0 Å². The first-order valence-corrected chi connectivity index (χ1v) is 11.6. The molecule has 4 rings (SSSR count). The zero-order valence-corrected chi connectivity index (χ0v) is 21.1. The molecule has 0 aliphatic rings. The summed E-state index contributed by atoms with van der Waals surface area (Å²) in [4.78, 5) is 32.8. The predicted octanol–water partition coefficient (Wildman–Crippen LogP) is 3.08. The highest BCUT2D eigenvalue weighted by molar-refractivity contribution is 6.30. The molecule has 0 fully saturated rings. The van der Waals surface area contributed by atoms with Crippen molar-refractivity contribution in [2.24, 2.45) is 0 Å². The molecule has 39 heavy (non-hydrogen) atoms. The van der Waals surface area contributed by atoms with Gasteiger partial charge in [0.2, 0.25) is 0 Å². The molecular weight excluding hydrogens is 550 g/mol. The lowest BCUT2D eigenvalue weighted by Crippen LogP contribution is -2.37. The summed E-state index contributed by atoms with van der Waals surface area (Å²) in [6.45, 7) is 1.04. The van der Waals surface area contributed by atoms with Crippen molar-refractivity contribution < 1.29 is 32.2 Å². The quantitative estimate of drug-likeness (QED) is 0.253. The van der Waals surface area contributed by atoms with Gasteiger partial charge >= 0.3 is 17.8 Å². The zero-order chi connectivity index (χ0) is 28.5. The predicted molar refractivity (Wildman–Crippen MR) is 127 cm³/mol. The summed E-state index contributed by atoms with van der Waals surface area (Å²) < 4.78 is 61.4. The molecule has 0 saturated carbocycles. The van der Waals surface area contributed by atoms with Crippen molar-refractivity contribution in [3.05, 3.63) is 75.6 Å². The largest absolute Gasteiger partial charge is 0.455 e. The number of pyridine rings is 1. The van der Waals surface area contributed by atoms with E-state index in [1.165, 1.54) is 50.4 Å². The van der Waals surface area contributed by atoms with Gasteiger partial charge in [-0.25, -0.2) is 23.8 Å². The maximum atomic E-state index is 14.5. The number of aliphatic hydroxyl groups is 1. The van der Waals surface area contributed by atoms with Crippen LogP contribution in [-0.4, -0.2) is 57.5 Å². The van der Waals surface area contributed by atoms with Crippen LogP contribution in [0.3, 0.4) is 0 Å². The van der Waals surface area contributed by atoms with Crippen LogP contribution < -0.4 is 5.69 Å². The van der Waals surface area contributed by atoms with E-state index in [1.54, 1.807) is 0 Å². The average Bonchev–Trinajstić information content (AvgIpc) is 3.41. The SMILES string of the molecule is CC(=O)OC(C)c1nc(Cn2nc(-c3ccc(Cl)cc3)n(C[C@H](O)C(F)(F)F)c2=O)nn1-c1ncccc1F. The van der Waals surface area contributed by atoms with Gasteiger partial charge < -0.3 is 9.84 Å². The Bertz CT molecular complexity index is 1550. The number of halogens is 5. The number of hydrogen-bond acceptors (Lipinski definition) is 8. The normalized spacial score (nSPS) is 13.3. The van der Waals surface area contributed by atoms with Crippen LogP contribution >= 0.6 is 11.6 Å². The van der Waals surface area contributed by atoms with Gasteiger partial charge in [0.25, 0.3) is 0 Å². The number of ether oxygens (including phenoxy) is 1. The van der Waals surface area contributed by atoms with E-state index >= 15 is 0 Å². The third-order valence-corrected chi connectivity index (χ3v) is 5.62. The lowest BCUT2D eigenvalue weighted by atomic mass is 10.2. The van der Waals surface area contributed by atoms with Crippen LogP contribution in [0, 0.1) is 5.82 Å². The van der Waals surface area contributed by atoms with Crippen LogP contribution in [0.2, 0.25) is 5.02 Å². The van der Waals surface area contributed by atoms with Crippen molar-refractivity contribution in [3.8, 4) is 17.2 Å². The van der Waals surface area contributed by atoms with Crippen LogP contribution in [0.25, 0.3) is 17.2 Å². The van der Waals surface area contributed by atoms with E-state index in [2.05, 4.69) is 20.2 Å². The maximum Gasteiger partial charge on any atom is 0.416 e. The van der Waals surface area contributed by atoms with Gasteiger partial charge in [-0.3, -0.25) is 9.36 Å². The Kier molecular flexibility index (Phi) is 7.83. The molecule has 0 spiro atoms. The molecule has 3 heterocycles. The van der Waals surface area contributed by atoms with E-state index in [4.69, 9.17) is 16.3 Å². The summed E-state index contributed by atoms with van der Waals surface area (Å²) in [6.07, 6.45) is -7.55. The molecule has 0 aliphatic heterocycles. The first kappa shape index (κ1) is 27.9. The Labute approximate surface area is 222 Å². The first-order valence-electron chi connectivity index (χ1n) is 11.3. The van der Waals surface area contributed by atoms with Crippen molar-refractivity contribution in [1.82, 2.24) is 34.1 Å². The highest BCUT2D eigenvalue weighted by Crippen LogP contribution is 2.25. The summed E-state index contributed by atoms with van der Waals surface area (Å²) in [5.74, 6) is -2.00. The molecule has 11 nitrogen and oxygen atoms in total. The smallest absolute Gasteiger partial charge is 0.416 e. The molecule has 0 radical (unpaired) electrons. The number of hydrogen-bond donors (Lipinski definition) is 1. The second kappa shape index (κ2) is 10.9. The van der Waals surface area contributed by atoms with E-state index in [-0.39, 0.29) is 28.9 Å². The number of benzene rings is 1. The first-order chi connectivity index (χ1) is 18.3. The summed E-state index contributed by atoms with van der Waals surface area (Å²) in [5.41, 5.74) is -0.749. The van der Waals surface area contributed by atoms with Gasteiger partial charge in [-0.05, 0) is 43.3 Å². The molecule has 0 bridgehead atoms. The van der Waals surface area contributed by atoms with Crippen LogP contribution in [0.4, 0.5) is 17.6 Å². The van der Waals surface area contributed by atoms with Gasteiger partial charge in [0.05, 0.1) is 6.54 Å². The van der Waals surface area contributed by atoms with Crippen molar-refractivity contribution in [1.29, 1.82) is 0 Å². The number of rotatable bonds is 8. The Hall–Kier alpha value is -4.11. The average molecular weight is 570 g/mol. The second-order valence-electron chi connectivity index (χ2n) is 8.30. The van der Waals surface area contributed by atoms with Crippen molar-refractivity contribution in [3.63, 3.8) is 0 Å². The molecule has 3 aromatic heterocycles. The number of carbonyl (C=O) groups is 1. The Morgan fingerprint density at radius 1 is 1.18 bits per heavy atom. The molecule has 4 aromatic rings. The highest BCUT2D eigenvalue weighted by Gasteiger charge is 2.39. The third-order valence-electron chi connectivity index (χ3n) is 5.37. The summed E-state index contributed by atoms with van der Waals surface area (Å²) in [5, 5.41) is 18.3. The van der Waals surface area contributed by atoms with E-state index in [9.17, 15) is 32.3 Å². The molecule has 1 aromatic carbocycles. The van der Waals surface area contributed by atoms with Gasteiger partial charge in [0.15, 0.2) is 41.3 Å². The fourth-order valence-electron chi connectivity index (χ4n) is 3.62. The lowest BCUT2D eigenvalue weighted by molar-refractivity contribution is -0.207. The number of carbonyl (C=O) groups excluding carboxylic acids is 1. The van der Waals surface area contributed by atoms with Crippen molar-refractivity contribution in [2.75, 3.05) is 0 Å². The Morgan fingerprint density at radius 2 is 1.87 bits per heavy atom. The van der Waals surface area contributed by atoms with Gasteiger partial charge in [-0.2, -0.15) is 17.9 Å². The number of aromatic nitrogens is 7. The summed E-state index contributed by atoms with van der Waals surface area (Å²) >= 11 is 5.90. The van der Waals surface area contributed by atoms with Crippen LogP contribution in [-0.2, 0) is 22.6 Å². The molecule has 1 unspecified atom stereocenters. The van der Waals surface area contributed by atoms with E-state index in [0.29, 0.717) is 9.59 Å². The standard InChI is InChI=1S/C23H20ClF4N7O4/c1-12(39-13(2)36)19-30-18(31-35(19)21-16(25)4-3-9-29-21)11-34-22(38)33(10-17(37)23(26,27)28)20(32-34)14-5-7-15(24)8-6-14/h3-9,12,17,37H,10-11H2,1-2H3/t12?,17-/m0/s1. The van der Waals surface area contributed by atoms with Crippen LogP contribution in [0.1, 0.15) is 31.6 Å². The van der Waals surface area contributed by atoms with Crippen LogP contribution in [0.15, 0.2) is 47.4 Å². The van der Waals surface area contributed by atoms with Gasteiger partial charge in [0.1, 0.15) is 6.54 Å². The maximum absolute atomic E-state index is 14.5. The van der Waals surface area contributed by atoms with E-state index in [0.717, 1.165) is 15.4 Å². The Morgan fingerprint density at radius 3 is 2.49 bits per heavy atom. The summed E-state index contributed by atoms with van der Waals surface area (Å²) in [7, 11) is 0. The van der Waals surface area contributed by atoms with Gasteiger partial charge in [0, 0.05) is 23.7 Å². The molecular formula is C23H20ClF4N7O4. The fraction of sp³-hybridized carbons (Fsp3) is 0.304. The fourth-order valence-corrected chi connectivity index (χ4v) is 3.75. The van der Waals surface area contributed by atoms with E-state index in [1.807, 2.05) is 0 Å². The molecule has 0 amide bonds. The van der Waals surface area contributed by atoms with Crippen molar-refractivity contribution in [2.45, 2.75) is 45.3 Å². The van der Waals surface area contributed by atoms with Crippen molar-refractivity contribution >= 4 is 17.6 Å². The molecule has 1 N–H and O–H groups in total. The minimum atomic E-state index is -4.99. The molecule has 0 aliphatic carbocycles. The topological polar surface area (TPSA) is 130 Å². The number of esters is 1. The third kappa shape index (κ3) is 6.15. The Balaban J connectivity index is 1.79. The molecule has 0 saturated heterocycles. The van der Waals surface area contributed by atoms with E-state index < -0.39 is 49.0 Å². The second-order valence-corrected chi connectivity index (χ2v) is 8.73. The molecule has 16 heteroatoms. The zero-order valence-electron chi connectivity index (χ0n) is 20.3. The monoisotopic (exact) mass is 569 g/mol. The van der Waals surface area contributed by atoms with Gasteiger partial charge in [-0.1, -0.05) is 11.6 Å². The van der Waals surface area contributed by atoms with Gasteiger partial charge in [-0.15, -0.1) is 10.2 Å². The minimum absolute atomic E-state index is 0.0318. The number of nitrogens with zero attached hydrogens (tertiary/aromatic N) is 7. The lowest BCUT2D eigenvalue weighted by Gasteiger charge is -2.15. The number of alkyl halides is 3. The summed E-state index contributed by atoms with van der Waals surface area (Å²) in [6, 6.07) is 8.28. The minimum Gasteiger partial charge on any atom is -0.455 e. The molecule has 2 atom stereocenters. The molecule has 206 valence electrons. The number of aliphatic hydroxyl groups excluding tert-OH is 1.